The van der Waals surface area contributed by atoms with Crippen LogP contribution >= 0.6 is 23.4 Å². The van der Waals surface area contributed by atoms with Crippen molar-refractivity contribution in [1.29, 1.82) is 0 Å². The zero-order chi connectivity index (χ0) is 26.4. The normalized spacial score (nSPS) is 14.4. The molecule has 37 heavy (non-hydrogen) atoms. The van der Waals surface area contributed by atoms with Gasteiger partial charge < -0.3 is 9.47 Å². The predicted octanol–water partition coefficient (Wildman–Crippen LogP) is 7.59. The average Bonchev–Trinajstić information content (AvgIpc) is 3.13. The molecule has 5 nitrogen and oxygen atoms in total. The van der Waals surface area contributed by atoms with Gasteiger partial charge in [-0.05, 0) is 79.1 Å². The van der Waals surface area contributed by atoms with Gasteiger partial charge in [-0.3, -0.25) is 14.5 Å². The van der Waals surface area contributed by atoms with E-state index in [4.69, 9.17) is 21.1 Å². The molecule has 0 saturated carbocycles. The highest BCUT2D eigenvalue weighted by molar-refractivity contribution is 8.18. The molecule has 0 radical (unpaired) electrons. The second kappa shape index (κ2) is 12.2. The van der Waals surface area contributed by atoms with Crippen LogP contribution in [-0.2, 0) is 24.4 Å². The third kappa shape index (κ3) is 6.64. The Balaban J connectivity index is 1.60. The number of allylic oxidation sites excluding steroid dienone is 1. The van der Waals surface area contributed by atoms with Crippen LogP contribution in [-0.4, -0.2) is 22.7 Å². The number of carbonyl (C=O) groups excluding carboxylic acids is 2. The summed E-state index contributed by atoms with van der Waals surface area (Å²) in [5.41, 5.74) is 4.63. The third-order valence-electron chi connectivity index (χ3n) is 5.75. The van der Waals surface area contributed by atoms with Crippen LogP contribution in [0.25, 0.3) is 6.08 Å². The second-order valence-corrected chi connectivity index (χ2v) is 10.0. The molecule has 0 aliphatic carbocycles. The summed E-state index contributed by atoms with van der Waals surface area (Å²) < 4.78 is 12.1. The van der Waals surface area contributed by atoms with Crippen LogP contribution in [0.1, 0.15) is 34.7 Å². The fraction of sp³-hybridized carbons (Fsp3) is 0.200. The largest absolute Gasteiger partial charge is 0.490 e. The number of hydrogen-bond donors (Lipinski definition) is 0. The third-order valence-corrected chi connectivity index (χ3v) is 6.91. The fourth-order valence-electron chi connectivity index (χ4n) is 3.90. The number of hydrogen-bond acceptors (Lipinski definition) is 5. The van der Waals surface area contributed by atoms with E-state index in [9.17, 15) is 9.59 Å². The maximum atomic E-state index is 13.1. The van der Waals surface area contributed by atoms with Gasteiger partial charge in [0.2, 0.25) is 0 Å². The maximum Gasteiger partial charge on any atom is 0.293 e. The highest BCUT2D eigenvalue weighted by Gasteiger charge is 2.35. The molecule has 1 heterocycles. The first-order valence-corrected chi connectivity index (χ1v) is 13.2. The SMILES string of the molecule is C=CCc1cc(/C=C2\SC(=O)N(Cc3ccc(C)cc3)C2=O)cc(OCC)c1OCc1ccc(Cl)cc1. The smallest absolute Gasteiger partial charge is 0.293 e. The zero-order valence-electron chi connectivity index (χ0n) is 20.8. The van der Waals surface area contributed by atoms with Gasteiger partial charge in [-0.25, -0.2) is 0 Å². The number of thioether (sulfide) groups is 1. The number of ether oxygens (including phenoxy) is 2. The Kier molecular flexibility index (Phi) is 8.74. The van der Waals surface area contributed by atoms with Gasteiger partial charge in [0.25, 0.3) is 11.1 Å². The van der Waals surface area contributed by atoms with Crippen molar-refractivity contribution in [3.63, 3.8) is 0 Å². The minimum Gasteiger partial charge on any atom is -0.490 e. The monoisotopic (exact) mass is 533 g/mol. The summed E-state index contributed by atoms with van der Waals surface area (Å²) in [6, 6.07) is 19.0. The molecule has 190 valence electrons. The van der Waals surface area contributed by atoms with Crippen molar-refractivity contribution in [3.8, 4) is 11.5 Å². The van der Waals surface area contributed by atoms with E-state index in [2.05, 4.69) is 6.58 Å². The molecular weight excluding hydrogens is 506 g/mol. The molecule has 3 aromatic rings. The Morgan fingerprint density at radius 2 is 1.70 bits per heavy atom. The van der Waals surface area contributed by atoms with Gasteiger partial charge in [0.15, 0.2) is 11.5 Å². The van der Waals surface area contributed by atoms with E-state index in [1.54, 1.807) is 12.2 Å². The van der Waals surface area contributed by atoms with Crippen molar-refractivity contribution in [2.75, 3.05) is 6.61 Å². The van der Waals surface area contributed by atoms with E-state index in [-0.39, 0.29) is 17.7 Å². The standard InChI is InChI=1S/C30H28ClNO4S/c1-4-6-24-15-23(16-26(35-5-2)28(24)36-19-22-11-13-25(31)14-12-22)17-27-29(33)32(30(34)37-27)18-21-9-7-20(3)8-10-21/h4,7-17H,1,5-6,18-19H2,2-3H3/b27-17-. The summed E-state index contributed by atoms with van der Waals surface area (Å²) in [6.45, 7) is 8.81. The first-order valence-electron chi connectivity index (χ1n) is 12.0. The summed E-state index contributed by atoms with van der Waals surface area (Å²) >= 11 is 6.94. The molecule has 0 spiro atoms. The van der Waals surface area contributed by atoms with Gasteiger partial charge in [-0.1, -0.05) is 59.6 Å². The van der Waals surface area contributed by atoms with Crippen LogP contribution in [0.4, 0.5) is 4.79 Å². The molecule has 1 aliphatic heterocycles. The number of carbonyl (C=O) groups is 2. The summed E-state index contributed by atoms with van der Waals surface area (Å²) in [6.07, 6.45) is 4.07. The van der Waals surface area contributed by atoms with E-state index < -0.39 is 0 Å². The topological polar surface area (TPSA) is 55.8 Å². The number of halogens is 1. The number of aryl methyl sites for hydroxylation is 1. The van der Waals surface area contributed by atoms with E-state index in [0.717, 1.165) is 39.6 Å². The minimum atomic E-state index is -0.304. The second-order valence-electron chi connectivity index (χ2n) is 8.60. The number of imide groups is 1. The Hall–Kier alpha value is -3.48. The molecule has 1 fully saturated rings. The van der Waals surface area contributed by atoms with Crippen LogP contribution in [0, 0.1) is 6.92 Å². The Morgan fingerprint density at radius 1 is 1.00 bits per heavy atom. The van der Waals surface area contributed by atoms with Gasteiger partial charge in [0, 0.05) is 10.6 Å². The van der Waals surface area contributed by atoms with Gasteiger partial charge in [0.05, 0.1) is 18.1 Å². The highest BCUT2D eigenvalue weighted by Crippen LogP contribution is 2.38. The van der Waals surface area contributed by atoms with E-state index in [0.29, 0.717) is 41.1 Å². The number of rotatable bonds is 10. The lowest BCUT2D eigenvalue weighted by Crippen LogP contribution is -2.27. The molecule has 0 unspecified atom stereocenters. The molecule has 2 amide bonds. The Labute approximate surface area is 226 Å². The van der Waals surface area contributed by atoms with Crippen molar-refractivity contribution in [3.05, 3.63) is 111 Å². The molecule has 1 saturated heterocycles. The molecule has 0 bridgehead atoms. The molecule has 1 aliphatic rings. The van der Waals surface area contributed by atoms with E-state index in [1.165, 1.54) is 4.90 Å². The average molecular weight is 534 g/mol. The van der Waals surface area contributed by atoms with Crippen molar-refractivity contribution < 1.29 is 19.1 Å². The zero-order valence-corrected chi connectivity index (χ0v) is 22.4. The lowest BCUT2D eigenvalue weighted by atomic mass is 10.0. The minimum absolute atomic E-state index is 0.242. The van der Waals surface area contributed by atoms with Gasteiger partial charge >= 0.3 is 0 Å². The number of nitrogens with zero attached hydrogens (tertiary/aromatic N) is 1. The molecule has 0 aromatic heterocycles. The fourth-order valence-corrected chi connectivity index (χ4v) is 4.86. The van der Waals surface area contributed by atoms with Crippen LogP contribution in [0.5, 0.6) is 11.5 Å². The van der Waals surface area contributed by atoms with Crippen LogP contribution in [0.3, 0.4) is 0 Å². The lowest BCUT2D eigenvalue weighted by molar-refractivity contribution is -0.123. The molecule has 3 aromatic carbocycles. The molecule has 0 N–H and O–H groups in total. The summed E-state index contributed by atoms with van der Waals surface area (Å²) in [5.74, 6) is 0.893. The number of amides is 2. The van der Waals surface area contributed by atoms with Crippen molar-refractivity contribution in [2.45, 2.75) is 33.4 Å². The van der Waals surface area contributed by atoms with Crippen LogP contribution in [0.15, 0.2) is 78.2 Å². The van der Waals surface area contributed by atoms with Crippen molar-refractivity contribution in [1.82, 2.24) is 4.90 Å². The van der Waals surface area contributed by atoms with Crippen LogP contribution < -0.4 is 9.47 Å². The van der Waals surface area contributed by atoms with Gasteiger partial charge in [-0.15, -0.1) is 6.58 Å². The van der Waals surface area contributed by atoms with Gasteiger partial charge in [-0.2, -0.15) is 0 Å². The van der Waals surface area contributed by atoms with Crippen molar-refractivity contribution >= 4 is 40.6 Å². The first-order chi connectivity index (χ1) is 17.9. The van der Waals surface area contributed by atoms with E-state index >= 15 is 0 Å². The Bertz CT molecular complexity index is 1330. The van der Waals surface area contributed by atoms with Crippen LogP contribution in [0.2, 0.25) is 5.02 Å². The van der Waals surface area contributed by atoms with Crippen molar-refractivity contribution in [2.24, 2.45) is 0 Å². The predicted molar refractivity (Wildman–Crippen MR) is 150 cm³/mol. The van der Waals surface area contributed by atoms with Gasteiger partial charge in [0.1, 0.15) is 6.61 Å². The summed E-state index contributed by atoms with van der Waals surface area (Å²) in [5, 5.41) is 0.384. The maximum absolute atomic E-state index is 13.1. The molecular formula is C30H28ClNO4S. The summed E-state index contributed by atoms with van der Waals surface area (Å²) in [4.78, 5) is 27.4. The molecule has 0 atom stereocenters. The lowest BCUT2D eigenvalue weighted by Gasteiger charge is -2.17. The first kappa shape index (κ1) is 26.6. The molecule has 4 rings (SSSR count). The number of benzene rings is 3. The summed E-state index contributed by atoms with van der Waals surface area (Å²) in [7, 11) is 0. The highest BCUT2D eigenvalue weighted by atomic mass is 35.5. The molecule has 7 heteroatoms. The quantitative estimate of drug-likeness (QED) is 0.198. The van der Waals surface area contributed by atoms with E-state index in [1.807, 2.05) is 74.5 Å². The Morgan fingerprint density at radius 3 is 2.38 bits per heavy atom.